The van der Waals surface area contributed by atoms with E-state index in [4.69, 9.17) is 11.6 Å². The summed E-state index contributed by atoms with van der Waals surface area (Å²) in [6.07, 6.45) is 2.38. The zero-order chi connectivity index (χ0) is 13.8. The number of benzene rings is 1. The summed E-state index contributed by atoms with van der Waals surface area (Å²) in [6, 6.07) is 10.0. The Morgan fingerprint density at radius 2 is 2.16 bits per heavy atom. The number of nitrogens with one attached hydrogen (secondary N) is 1. The molecule has 1 aromatic carbocycles. The second kappa shape index (κ2) is 6.14. The Bertz CT molecular complexity index is 571. The monoisotopic (exact) mass is 320 g/mol. The normalized spacial score (nSPS) is 12.4. The minimum atomic E-state index is -0.0125. The zero-order valence-corrected chi connectivity index (χ0v) is 12.3. The maximum absolute atomic E-state index is 5.87. The predicted molar refractivity (Wildman–Crippen MR) is 81.3 cm³/mol. The van der Waals surface area contributed by atoms with Gasteiger partial charge in [0.15, 0.2) is 0 Å². The number of halogens is 1. The van der Waals surface area contributed by atoms with Gasteiger partial charge in [0, 0.05) is 10.7 Å². The molecular weight excluding hydrogens is 304 g/mol. The number of nitrogens with zero attached hydrogens (tertiary/aromatic N) is 1. The molecule has 0 radical (unpaired) electrons. The Hall–Kier alpha value is -1.43. The summed E-state index contributed by atoms with van der Waals surface area (Å²) in [5, 5.41) is 0. The lowest BCUT2D eigenvalue weighted by molar-refractivity contribution is 0.550. The van der Waals surface area contributed by atoms with Crippen LogP contribution in [0, 0.1) is 6.92 Å². The van der Waals surface area contributed by atoms with Gasteiger partial charge in [0.25, 0.3) is 0 Å². The van der Waals surface area contributed by atoms with Crippen LogP contribution in [-0.4, -0.2) is 4.98 Å². The lowest BCUT2D eigenvalue weighted by atomic mass is 9.99. The van der Waals surface area contributed by atoms with Crippen LogP contribution in [0.25, 0.3) is 0 Å². The van der Waals surface area contributed by atoms with Gasteiger partial charge in [0.05, 0.1) is 6.04 Å². The number of pyridine rings is 1. The van der Waals surface area contributed by atoms with Gasteiger partial charge in [0.1, 0.15) is 5.82 Å². The number of hydrogen-bond donors (Lipinski definition) is 3. The molecule has 1 heterocycles. The first-order valence-electron chi connectivity index (χ1n) is 6.03. The molecule has 0 fully saturated rings. The molecule has 0 spiro atoms. The third-order valence-corrected chi connectivity index (χ3v) is 3.77. The third kappa shape index (κ3) is 3.32. The highest BCUT2D eigenvalue weighted by Crippen LogP contribution is 2.27. The van der Waals surface area contributed by atoms with Gasteiger partial charge >= 0.3 is 0 Å². The highest BCUT2D eigenvalue weighted by atomic mass is 79.9. The molecule has 1 unspecified atom stereocenters. The summed E-state index contributed by atoms with van der Waals surface area (Å²) in [5.74, 6) is 6.22. The van der Waals surface area contributed by atoms with E-state index in [2.05, 4.69) is 51.5 Å². The average Bonchev–Trinajstić information content (AvgIpc) is 2.39. The van der Waals surface area contributed by atoms with Gasteiger partial charge in [-0.2, -0.15) is 0 Å². The van der Waals surface area contributed by atoms with E-state index in [9.17, 15) is 0 Å². The van der Waals surface area contributed by atoms with Gasteiger partial charge in [-0.15, -0.1) is 0 Å². The van der Waals surface area contributed by atoms with Crippen LogP contribution in [0.3, 0.4) is 0 Å². The van der Waals surface area contributed by atoms with Gasteiger partial charge in [-0.05, 0) is 42.2 Å². The van der Waals surface area contributed by atoms with Crippen molar-refractivity contribution < 1.29 is 0 Å². The smallest absolute Gasteiger partial charge is 0.126 e. The molecule has 0 amide bonds. The van der Waals surface area contributed by atoms with Crippen LogP contribution in [0.2, 0.25) is 0 Å². The highest BCUT2D eigenvalue weighted by Gasteiger charge is 2.15. The van der Waals surface area contributed by atoms with Crippen LogP contribution in [0.4, 0.5) is 5.82 Å². The zero-order valence-electron chi connectivity index (χ0n) is 10.7. The molecule has 0 saturated heterocycles. The van der Waals surface area contributed by atoms with Gasteiger partial charge in [-0.3, -0.25) is 11.3 Å². The fourth-order valence-electron chi connectivity index (χ4n) is 2.02. The number of nitrogen functional groups attached to an aromatic ring is 1. The maximum Gasteiger partial charge on any atom is 0.126 e. The molecule has 0 aliphatic carbocycles. The molecule has 4 nitrogen and oxygen atoms in total. The van der Waals surface area contributed by atoms with Crippen molar-refractivity contribution in [3.8, 4) is 0 Å². The van der Waals surface area contributed by atoms with E-state index >= 15 is 0 Å². The first kappa shape index (κ1) is 14.0. The topological polar surface area (TPSA) is 77.0 Å². The minimum absolute atomic E-state index is 0.0125. The third-order valence-electron chi connectivity index (χ3n) is 3.08. The quantitative estimate of drug-likeness (QED) is 0.597. The van der Waals surface area contributed by atoms with Crippen molar-refractivity contribution in [1.82, 2.24) is 10.4 Å². The average molecular weight is 321 g/mol. The first-order chi connectivity index (χ1) is 9.11. The number of aromatic nitrogens is 1. The van der Waals surface area contributed by atoms with Crippen LogP contribution in [0.5, 0.6) is 0 Å². The van der Waals surface area contributed by atoms with Crippen LogP contribution in [0.1, 0.15) is 22.7 Å². The number of rotatable bonds is 4. The largest absolute Gasteiger partial charge is 0.383 e. The number of anilines is 1. The second-order valence-corrected chi connectivity index (χ2v) is 5.35. The molecule has 0 aliphatic rings. The van der Waals surface area contributed by atoms with Crippen molar-refractivity contribution in [3.05, 3.63) is 57.7 Å². The maximum atomic E-state index is 5.87. The van der Waals surface area contributed by atoms with E-state index in [0.29, 0.717) is 12.2 Å². The number of nitrogens with two attached hydrogens (primary N) is 2. The van der Waals surface area contributed by atoms with E-state index in [1.165, 1.54) is 5.56 Å². The SMILES string of the molecule is Cc1ccc(C(Cc2cccnc2N)NN)c(Br)c1. The summed E-state index contributed by atoms with van der Waals surface area (Å²) >= 11 is 3.58. The van der Waals surface area contributed by atoms with Crippen molar-refractivity contribution >= 4 is 21.7 Å². The molecule has 1 aromatic heterocycles. The molecule has 1 atom stereocenters. The van der Waals surface area contributed by atoms with Crippen molar-refractivity contribution in [2.45, 2.75) is 19.4 Å². The molecule has 100 valence electrons. The van der Waals surface area contributed by atoms with Crippen LogP contribution in [-0.2, 0) is 6.42 Å². The summed E-state index contributed by atoms with van der Waals surface area (Å²) in [7, 11) is 0. The number of hydrogen-bond acceptors (Lipinski definition) is 4. The Balaban J connectivity index is 2.28. The minimum Gasteiger partial charge on any atom is -0.383 e. The molecule has 19 heavy (non-hydrogen) atoms. The van der Waals surface area contributed by atoms with Crippen molar-refractivity contribution in [2.75, 3.05) is 5.73 Å². The fourth-order valence-corrected chi connectivity index (χ4v) is 2.79. The summed E-state index contributed by atoms with van der Waals surface area (Å²) in [5.41, 5.74) is 12.0. The predicted octanol–water partition coefficient (Wildman–Crippen LogP) is 2.48. The molecule has 2 rings (SSSR count). The summed E-state index contributed by atoms with van der Waals surface area (Å²) < 4.78 is 1.04. The van der Waals surface area contributed by atoms with E-state index in [1.807, 2.05) is 12.1 Å². The fraction of sp³-hybridized carbons (Fsp3) is 0.214. The number of aryl methyl sites for hydroxylation is 1. The standard InChI is InChI=1S/C14H17BrN4/c1-9-4-5-11(12(15)7-9)13(19-17)8-10-3-2-6-18-14(10)16/h2-7,13,19H,8,17H2,1H3,(H2,16,18). The Morgan fingerprint density at radius 3 is 2.79 bits per heavy atom. The molecule has 0 bridgehead atoms. The number of hydrazine groups is 1. The Labute approximate surface area is 121 Å². The summed E-state index contributed by atoms with van der Waals surface area (Å²) in [4.78, 5) is 4.09. The summed E-state index contributed by atoms with van der Waals surface area (Å²) in [6.45, 7) is 2.05. The lowest BCUT2D eigenvalue weighted by Gasteiger charge is -2.19. The van der Waals surface area contributed by atoms with Gasteiger partial charge in [0.2, 0.25) is 0 Å². The van der Waals surface area contributed by atoms with Crippen molar-refractivity contribution in [3.63, 3.8) is 0 Å². The van der Waals surface area contributed by atoms with E-state index in [1.54, 1.807) is 6.20 Å². The Morgan fingerprint density at radius 1 is 1.37 bits per heavy atom. The van der Waals surface area contributed by atoms with E-state index in [0.717, 1.165) is 15.6 Å². The molecular formula is C14H17BrN4. The molecule has 5 N–H and O–H groups in total. The van der Waals surface area contributed by atoms with Gasteiger partial charge in [-0.25, -0.2) is 4.98 Å². The van der Waals surface area contributed by atoms with Crippen LogP contribution < -0.4 is 17.0 Å². The molecule has 5 heteroatoms. The molecule has 0 saturated carbocycles. The molecule has 0 aliphatic heterocycles. The lowest BCUT2D eigenvalue weighted by Crippen LogP contribution is -2.30. The van der Waals surface area contributed by atoms with Crippen LogP contribution >= 0.6 is 15.9 Å². The van der Waals surface area contributed by atoms with Gasteiger partial charge in [-0.1, -0.05) is 34.1 Å². The second-order valence-electron chi connectivity index (χ2n) is 4.50. The van der Waals surface area contributed by atoms with E-state index < -0.39 is 0 Å². The van der Waals surface area contributed by atoms with E-state index in [-0.39, 0.29) is 6.04 Å². The van der Waals surface area contributed by atoms with Crippen LogP contribution in [0.15, 0.2) is 41.0 Å². The van der Waals surface area contributed by atoms with Crippen molar-refractivity contribution in [2.24, 2.45) is 5.84 Å². The van der Waals surface area contributed by atoms with Crippen molar-refractivity contribution in [1.29, 1.82) is 0 Å². The molecule has 2 aromatic rings. The van der Waals surface area contributed by atoms with Gasteiger partial charge < -0.3 is 5.73 Å². The first-order valence-corrected chi connectivity index (χ1v) is 6.82. The highest BCUT2D eigenvalue weighted by molar-refractivity contribution is 9.10. The Kier molecular flexibility index (Phi) is 4.52.